The lowest BCUT2D eigenvalue weighted by Gasteiger charge is -2.41. The zero-order chi connectivity index (χ0) is 19.0. The van der Waals surface area contributed by atoms with Gasteiger partial charge in [0.25, 0.3) is 5.91 Å². The minimum Gasteiger partial charge on any atom is -0.496 e. The van der Waals surface area contributed by atoms with Gasteiger partial charge in [-0.2, -0.15) is 4.98 Å². The van der Waals surface area contributed by atoms with E-state index in [1.807, 2.05) is 11.8 Å². The quantitative estimate of drug-likeness (QED) is 0.772. The predicted molar refractivity (Wildman–Crippen MR) is 101 cm³/mol. The van der Waals surface area contributed by atoms with Crippen LogP contribution in [-0.2, 0) is 5.41 Å². The predicted octanol–water partition coefficient (Wildman–Crippen LogP) is 4.01. The molecule has 27 heavy (non-hydrogen) atoms. The van der Waals surface area contributed by atoms with E-state index in [0.29, 0.717) is 41.2 Å². The molecule has 1 saturated carbocycles. The summed E-state index contributed by atoms with van der Waals surface area (Å²) in [6, 6.07) is 5.14. The second-order valence-corrected chi connectivity index (χ2v) is 8.18. The summed E-state index contributed by atoms with van der Waals surface area (Å²) in [5, 5.41) is 4.76. The van der Waals surface area contributed by atoms with Crippen LogP contribution in [0.3, 0.4) is 0 Å². The van der Waals surface area contributed by atoms with Crippen LogP contribution in [0.2, 0.25) is 5.02 Å². The highest BCUT2D eigenvalue weighted by Gasteiger charge is 2.45. The third-order valence-electron chi connectivity index (χ3n) is 5.63. The van der Waals surface area contributed by atoms with Gasteiger partial charge in [-0.15, -0.1) is 0 Å². The highest BCUT2D eigenvalue weighted by molar-refractivity contribution is 6.31. The minimum absolute atomic E-state index is 0.0607. The molecule has 1 atom stereocenters. The fourth-order valence-corrected chi connectivity index (χ4v) is 4.32. The molecule has 0 bridgehead atoms. The fraction of sp³-hybridized carbons (Fsp3) is 0.550. The molecule has 2 fully saturated rings. The number of methoxy groups -OCH3 is 1. The summed E-state index contributed by atoms with van der Waals surface area (Å²) in [6.07, 6.45) is 5.37. The lowest BCUT2D eigenvalue weighted by Crippen LogP contribution is -2.49. The maximum Gasteiger partial charge on any atom is 0.257 e. The zero-order valence-corrected chi connectivity index (χ0v) is 16.5. The molecule has 2 aliphatic rings. The van der Waals surface area contributed by atoms with Gasteiger partial charge in [-0.3, -0.25) is 4.79 Å². The van der Waals surface area contributed by atoms with Gasteiger partial charge in [0.1, 0.15) is 5.75 Å². The van der Waals surface area contributed by atoms with Crippen LogP contribution in [0.4, 0.5) is 0 Å². The topological polar surface area (TPSA) is 68.5 Å². The van der Waals surface area contributed by atoms with Crippen LogP contribution in [0, 0.1) is 12.8 Å². The Kier molecular flexibility index (Phi) is 4.84. The molecule has 1 aliphatic carbocycles. The first kappa shape index (κ1) is 18.3. The number of amides is 1. The van der Waals surface area contributed by atoms with Crippen molar-refractivity contribution in [2.75, 3.05) is 20.2 Å². The third kappa shape index (κ3) is 3.68. The average molecular weight is 390 g/mol. The molecule has 1 amide bonds. The number of carbonyl (C=O) groups is 1. The van der Waals surface area contributed by atoms with E-state index in [1.165, 1.54) is 12.8 Å². The van der Waals surface area contributed by atoms with E-state index >= 15 is 0 Å². The van der Waals surface area contributed by atoms with Crippen LogP contribution in [0.5, 0.6) is 5.75 Å². The highest BCUT2D eigenvalue weighted by atomic mass is 35.5. The normalized spacial score (nSPS) is 22.7. The Morgan fingerprint density at radius 1 is 1.44 bits per heavy atom. The number of piperidine rings is 1. The maximum atomic E-state index is 13.3. The molecule has 144 valence electrons. The van der Waals surface area contributed by atoms with Gasteiger partial charge in [0.2, 0.25) is 5.89 Å². The Balaban J connectivity index is 1.64. The van der Waals surface area contributed by atoms with Crippen molar-refractivity contribution in [1.29, 1.82) is 0 Å². The molecule has 2 aromatic rings. The first-order chi connectivity index (χ1) is 13.0. The molecule has 2 heterocycles. The van der Waals surface area contributed by atoms with Crippen molar-refractivity contribution in [3.63, 3.8) is 0 Å². The van der Waals surface area contributed by atoms with Crippen molar-refractivity contribution in [2.24, 2.45) is 5.92 Å². The smallest absolute Gasteiger partial charge is 0.257 e. The summed E-state index contributed by atoms with van der Waals surface area (Å²) in [7, 11) is 1.57. The van der Waals surface area contributed by atoms with E-state index in [9.17, 15) is 4.79 Å². The lowest BCUT2D eigenvalue weighted by atomic mass is 9.74. The molecular weight excluding hydrogens is 366 g/mol. The van der Waals surface area contributed by atoms with Gasteiger partial charge in [0.05, 0.1) is 18.1 Å². The van der Waals surface area contributed by atoms with E-state index in [2.05, 4.69) is 10.1 Å². The number of benzene rings is 1. The number of ether oxygens (including phenoxy) is 1. The number of halogens is 1. The Morgan fingerprint density at radius 2 is 2.26 bits per heavy atom. The Morgan fingerprint density at radius 3 is 2.93 bits per heavy atom. The summed E-state index contributed by atoms with van der Waals surface area (Å²) in [5.41, 5.74) is 0.259. The maximum absolute atomic E-state index is 13.3. The fourth-order valence-electron chi connectivity index (χ4n) is 4.15. The van der Waals surface area contributed by atoms with Crippen molar-refractivity contribution in [3.05, 3.63) is 40.5 Å². The van der Waals surface area contributed by atoms with Crippen molar-refractivity contribution < 1.29 is 14.1 Å². The van der Waals surface area contributed by atoms with Crippen LogP contribution in [0.15, 0.2) is 22.7 Å². The van der Waals surface area contributed by atoms with Gasteiger partial charge in [0.15, 0.2) is 5.82 Å². The van der Waals surface area contributed by atoms with Crippen LogP contribution < -0.4 is 4.74 Å². The van der Waals surface area contributed by atoms with Crippen LogP contribution in [0.1, 0.15) is 54.2 Å². The van der Waals surface area contributed by atoms with Crippen LogP contribution in [-0.4, -0.2) is 41.1 Å². The zero-order valence-electron chi connectivity index (χ0n) is 15.7. The number of hydrogen-bond donors (Lipinski definition) is 0. The number of rotatable bonds is 5. The number of nitrogens with zero attached hydrogens (tertiary/aromatic N) is 3. The Labute approximate surface area is 163 Å². The molecule has 0 spiro atoms. The summed E-state index contributed by atoms with van der Waals surface area (Å²) in [5.74, 6) is 2.48. The SMILES string of the molecule is COc1ccc(Cl)cc1C(=O)N1CCCC(CC2CC2)(c2noc(C)n2)C1. The van der Waals surface area contributed by atoms with E-state index in [0.717, 1.165) is 25.1 Å². The van der Waals surface area contributed by atoms with Crippen molar-refractivity contribution >= 4 is 17.5 Å². The number of aryl methyl sites for hydroxylation is 1. The molecule has 0 radical (unpaired) electrons. The van der Waals surface area contributed by atoms with Gasteiger partial charge in [-0.05, 0) is 43.4 Å². The summed E-state index contributed by atoms with van der Waals surface area (Å²) >= 11 is 6.13. The van der Waals surface area contributed by atoms with Gasteiger partial charge < -0.3 is 14.2 Å². The molecule has 1 unspecified atom stereocenters. The molecule has 1 aromatic carbocycles. The summed E-state index contributed by atoms with van der Waals surface area (Å²) < 4.78 is 10.7. The summed E-state index contributed by atoms with van der Waals surface area (Å²) in [4.78, 5) is 19.7. The average Bonchev–Trinajstić information content (AvgIpc) is 3.37. The van der Waals surface area contributed by atoms with Gasteiger partial charge >= 0.3 is 0 Å². The monoisotopic (exact) mass is 389 g/mol. The van der Waals surface area contributed by atoms with Gasteiger partial charge in [0, 0.05) is 25.0 Å². The second-order valence-electron chi connectivity index (χ2n) is 7.74. The second kappa shape index (κ2) is 7.15. The summed E-state index contributed by atoms with van der Waals surface area (Å²) in [6.45, 7) is 3.11. The first-order valence-electron chi connectivity index (χ1n) is 9.44. The molecule has 0 N–H and O–H groups in total. The van der Waals surface area contributed by atoms with E-state index in [-0.39, 0.29) is 11.3 Å². The van der Waals surface area contributed by atoms with Crippen molar-refractivity contribution in [3.8, 4) is 5.75 Å². The number of aromatic nitrogens is 2. The molecule has 7 heteroatoms. The number of hydrogen-bond acceptors (Lipinski definition) is 5. The van der Waals surface area contributed by atoms with Gasteiger partial charge in [-0.25, -0.2) is 0 Å². The largest absolute Gasteiger partial charge is 0.496 e. The molecule has 6 nitrogen and oxygen atoms in total. The van der Waals surface area contributed by atoms with E-state index < -0.39 is 0 Å². The van der Waals surface area contributed by atoms with Crippen molar-refractivity contribution in [2.45, 2.75) is 44.4 Å². The molecule has 4 rings (SSSR count). The standard InChI is InChI=1S/C20H24ClN3O3/c1-13-22-19(23-27-13)20(11-14-4-5-14)8-3-9-24(12-20)18(25)16-10-15(21)6-7-17(16)26-2/h6-7,10,14H,3-5,8-9,11-12H2,1-2H3. The molecule has 1 saturated heterocycles. The molecule has 1 aromatic heterocycles. The van der Waals surface area contributed by atoms with E-state index in [1.54, 1.807) is 25.3 Å². The minimum atomic E-state index is -0.237. The van der Waals surface area contributed by atoms with Crippen molar-refractivity contribution in [1.82, 2.24) is 15.0 Å². The number of carbonyl (C=O) groups excluding carboxylic acids is 1. The number of likely N-dealkylation sites (tertiary alicyclic amines) is 1. The van der Waals surface area contributed by atoms with E-state index in [4.69, 9.17) is 20.9 Å². The molecular formula is C20H24ClN3O3. The van der Waals surface area contributed by atoms with Crippen LogP contribution >= 0.6 is 11.6 Å². The Hall–Kier alpha value is -2.08. The van der Waals surface area contributed by atoms with Gasteiger partial charge in [-0.1, -0.05) is 29.6 Å². The lowest BCUT2D eigenvalue weighted by molar-refractivity contribution is 0.0604. The highest BCUT2D eigenvalue weighted by Crippen LogP contribution is 2.46. The van der Waals surface area contributed by atoms with Crippen LogP contribution in [0.25, 0.3) is 0 Å². The third-order valence-corrected chi connectivity index (χ3v) is 5.87. The first-order valence-corrected chi connectivity index (χ1v) is 9.82. The Bertz CT molecular complexity index is 849. The molecule has 1 aliphatic heterocycles.